The number of rotatable bonds is 3. The highest BCUT2D eigenvalue weighted by atomic mass is 79.9. The van der Waals surface area contributed by atoms with Gasteiger partial charge >= 0.3 is 5.97 Å². The molecule has 1 fully saturated rings. The average molecular weight is 299 g/mol. The van der Waals surface area contributed by atoms with Gasteiger partial charge in [-0.15, -0.1) is 0 Å². The Labute approximate surface area is 109 Å². The maximum Gasteiger partial charge on any atom is 0.312 e. The van der Waals surface area contributed by atoms with Crippen LogP contribution in [0.3, 0.4) is 0 Å². The van der Waals surface area contributed by atoms with Gasteiger partial charge in [-0.3, -0.25) is 4.79 Å². The van der Waals surface area contributed by atoms with Gasteiger partial charge in [0.2, 0.25) is 0 Å². The smallest absolute Gasteiger partial charge is 0.312 e. The van der Waals surface area contributed by atoms with Crippen molar-refractivity contribution in [2.24, 2.45) is 5.92 Å². The summed E-state index contributed by atoms with van der Waals surface area (Å²) in [7, 11) is 0. The molecule has 1 saturated heterocycles. The molecular formula is C13H15BrO3. The quantitative estimate of drug-likeness (QED) is 0.805. The standard InChI is InChI=1S/C13H15BrO3/c1-2-16-13(15)11-7-8-17-12(11)9-3-5-10(14)6-4-9/h3-6,11-12H,2,7-8H2,1H3/t11-,12+/m0/s1. The number of esters is 1. The van der Waals surface area contributed by atoms with Crippen LogP contribution in [0.25, 0.3) is 0 Å². The molecule has 0 amide bonds. The largest absolute Gasteiger partial charge is 0.466 e. The fourth-order valence-electron chi connectivity index (χ4n) is 2.06. The maximum atomic E-state index is 11.8. The molecule has 0 bridgehead atoms. The summed E-state index contributed by atoms with van der Waals surface area (Å²) in [5, 5.41) is 0. The van der Waals surface area contributed by atoms with Gasteiger partial charge in [0.05, 0.1) is 18.6 Å². The molecule has 0 saturated carbocycles. The molecular weight excluding hydrogens is 284 g/mol. The zero-order valence-corrected chi connectivity index (χ0v) is 11.3. The van der Waals surface area contributed by atoms with Crippen molar-refractivity contribution in [2.45, 2.75) is 19.4 Å². The van der Waals surface area contributed by atoms with Crippen LogP contribution in [0.4, 0.5) is 0 Å². The van der Waals surface area contributed by atoms with Gasteiger partial charge in [-0.25, -0.2) is 0 Å². The number of hydrogen-bond donors (Lipinski definition) is 0. The topological polar surface area (TPSA) is 35.5 Å². The Morgan fingerprint density at radius 3 is 2.82 bits per heavy atom. The number of halogens is 1. The predicted molar refractivity (Wildman–Crippen MR) is 67.6 cm³/mol. The van der Waals surface area contributed by atoms with Crippen LogP contribution in [-0.4, -0.2) is 19.2 Å². The van der Waals surface area contributed by atoms with Crippen molar-refractivity contribution in [3.63, 3.8) is 0 Å². The molecule has 0 spiro atoms. The van der Waals surface area contributed by atoms with E-state index < -0.39 is 0 Å². The first-order valence-electron chi connectivity index (χ1n) is 5.76. The van der Waals surface area contributed by atoms with Gasteiger partial charge in [0.1, 0.15) is 0 Å². The minimum atomic E-state index is -0.170. The van der Waals surface area contributed by atoms with E-state index in [9.17, 15) is 4.79 Å². The van der Waals surface area contributed by atoms with E-state index >= 15 is 0 Å². The van der Waals surface area contributed by atoms with E-state index in [1.807, 2.05) is 31.2 Å². The van der Waals surface area contributed by atoms with Crippen molar-refractivity contribution >= 4 is 21.9 Å². The molecule has 0 N–H and O–H groups in total. The van der Waals surface area contributed by atoms with Gasteiger partial charge in [0, 0.05) is 11.1 Å². The van der Waals surface area contributed by atoms with Crippen LogP contribution in [0, 0.1) is 5.92 Å². The Hall–Kier alpha value is -0.870. The molecule has 4 heteroatoms. The van der Waals surface area contributed by atoms with Gasteiger partial charge < -0.3 is 9.47 Å². The van der Waals surface area contributed by atoms with Crippen molar-refractivity contribution in [3.8, 4) is 0 Å². The lowest BCUT2D eigenvalue weighted by atomic mass is 9.95. The van der Waals surface area contributed by atoms with Gasteiger partial charge in [0.25, 0.3) is 0 Å². The van der Waals surface area contributed by atoms with Gasteiger partial charge in [-0.2, -0.15) is 0 Å². The average Bonchev–Trinajstić information content (AvgIpc) is 2.79. The van der Waals surface area contributed by atoms with Crippen molar-refractivity contribution in [1.29, 1.82) is 0 Å². The molecule has 2 rings (SSSR count). The second-order valence-corrected chi connectivity index (χ2v) is 4.91. The molecule has 0 unspecified atom stereocenters. The van der Waals surface area contributed by atoms with Crippen LogP contribution in [-0.2, 0) is 14.3 Å². The SMILES string of the molecule is CCOC(=O)[C@H]1CCO[C@@H]1c1ccc(Br)cc1. The molecule has 1 heterocycles. The second-order valence-electron chi connectivity index (χ2n) is 3.99. The Morgan fingerprint density at radius 2 is 2.18 bits per heavy atom. The summed E-state index contributed by atoms with van der Waals surface area (Å²) < 4.78 is 11.7. The first-order valence-corrected chi connectivity index (χ1v) is 6.55. The van der Waals surface area contributed by atoms with Crippen molar-refractivity contribution in [3.05, 3.63) is 34.3 Å². The molecule has 1 aromatic rings. The Kier molecular flexibility index (Phi) is 4.18. The number of hydrogen-bond acceptors (Lipinski definition) is 3. The van der Waals surface area contributed by atoms with Crippen molar-refractivity contribution < 1.29 is 14.3 Å². The van der Waals surface area contributed by atoms with E-state index in [0.29, 0.717) is 13.2 Å². The zero-order valence-electron chi connectivity index (χ0n) is 9.69. The fourth-order valence-corrected chi connectivity index (χ4v) is 2.33. The van der Waals surface area contributed by atoms with Crippen LogP contribution < -0.4 is 0 Å². The molecule has 17 heavy (non-hydrogen) atoms. The van der Waals surface area contributed by atoms with Gasteiger partial charge in [0.15, 0.2) is 0 Å². The Balaban J connectivity index is 2.14. The number of carbonyl (C=O) groups excluding carboxylic acids is 1. The number of benzene rings is 1. The lowest BCUT2D eigenvalue weighted by molar-refractivity contribution is -0.150. The highest BCUT2D eigenvalue weighted by Crippen LogP contribution is 2.35. The third-order valence-corrected chi connectivity index (χ3v) is 3.41. The van der Waals surface area contributed by atoms with Crippen molar-refractivity contribution in [1.82, 2.24) is 0 Å². The van der Waals surface area contributed by atoms with E-state index in [2.05, 4.69) is 15.9 Å². The zero-order chi connectivity index (χ0) is 12.3. The summed E-state index contributed by atoms with van der Waals surface area (Å²) in [6, 6.07) is 7.87. The third kappa shape index (κ3) is 2.87. The minimum absolute atomic E-state index is 0.155. The van der Waals surface area contributed by atoms with Gasteiger partial charge in [-0.05, 0) is 31.0 Å². The molecule has 3 nitrogen and oxygen atoms in total. The maximum absolute atomic E-state index is 11.8. The predicted octanol–water partition coefficient (Wildman–Crippen LogP) is 3.09. The summed E-state index contributed by atoms with van der Waals surface area (Å²) in [5.41, 5.74) is 1.03. The van der Waals surface area contributed by atoms with Crippen LogP contribution in [0.15, 0.2) is 28.7 Å². The molecule has 0 aliphatic carbocycles. The lowest BCUT2D eigenvalue weighted by Crippen LogP contribution is -2.20. The van der Waals surface area contributed by atoms with Crippen molar-refractivity contribution in [2.75, 3.05) is 13.2 Å². The highest BCUT2D eigenvalue weighted by Gasteiger charge is 2.36. The normalized spacial score (nSPS) is 23.6. The summed E-state index contributed by atoms with van der Waals surface area (Å²) >= 11 is 3.39. The molecule has 0 aromatic heterocycles. The Bertz CT molecular complexity index is 388. The molecule has 1 aromatic carbocycles. The summed E-state index contributed by atoms with van der Waals surface area (Å²) in [6.45, 7) is 2.86. The van der Waals surface area contributed by atoms with E-state index in [1.165, 1.54) is 0 Å². The minimum Gasteiger partial charge on any atom is -0.466 e. The molecule has 1 aliphatic heterocycles. The molecule has 0 radical (unpaired) electrons. The fraction of sp³-hybridized carbons (Fsp3) is 0.462. The first-order chi connectivity index (χ1) is 8.22. The van der Waals surface area contributed by atoms with Crippen LogP contribution >= 0.6 is 15.9 Å². The van der Waals surface area contributed by atoms with Crippen LogP contribution in [0.2, 0.25) is 0 Å². The lowest BCUT2D eigenvalue weighted by Gasteiger charge is -2.17. The molecule has 1 aliphatic rings. The molecule has 92 valence electrons. The Morgan fingerprint density at radius 1 is 1.47 bits per heavy atom. The number of ether oxygens (including phenoxy) is 2. The monoisotopic (exact) mass is 298 g/mol. The van der Waals surface area contributed by atoms with E-state index in [-0.39, 0.29) is 18.0 Å². The summed E-state index contributed by atoms with van der Waals surface area (Å²) in [4.78, 5) is 11.8. The number of carbonyl (C=O) groups is 1. The molecule has 2 atom stereocenters. The second kappa shape index (κ2) is 5.65. The van der Waals surface area contributed by atoms with E-state index in [4.69, 9.17) is 9.47 Å². The first kappa shape index (κ1) is 12.6. The summed E-state index contributed by atoms with van der Waals surface area (Å²) in [6.07, 6.45) is 0.571. The van der Waals surface area contributed by atoms with E-state index in [1.54, 1.807) is 0 Å². The van der Waals surface area contributed by atoms with Gasteiger partial charge in [-0.1, -0.05) is 28.1 Å². The summed E-state index contributed by atoms with van der Waals surface area (Å²) in [5.74, 6) is -0.325. The van der Waals surface area contributed by atoms with Crippen LogP contribution in [0.5, 0.6) is 0 Å². The van der Waals surface area contributed by atoms with E-state index in [0.717, 1.165) is 16.5 Å². The van der Waals surface area contributed by atoms with Crippen LogP contribution in [0.1, 0.15) is 25.0 Å². The highest BCUT2D eigenvalue weighted by molar-refractivity contribution is 9.10. The third-order valence-electron chi connectivity index (χ3n) is 2.88.